The Bertz CT molecular complexity index is 737. The Kier molecular flexibility index (Phi) is 4.31. The summed E-state index contributed by atoms with van der Waals surface area (Å²) >= 11 is 0. The number of aryl methyl sites for hydroxylation is 1. The average Bonchev–Trinajstić information content (AvgIpc) is 3.10. The molecule has 0 saturated carbocycles. The Morgan fingerprint density at radius 3 is 2.64 bits per heavy atom. The van der Waals surface area contributed by atoms with Crippen LogP contribution >= 0.6 is 0 Å². The van der Waals surface area contributed by atoms with Crippen molar-refractivity contribution in [2.24, 2.45) is 0 Å². The van der Waals surface area contributed by atoms with E-state index in [4.69, 9.17) is 4.74 Å². The smallest absolute Gasteiger partial charge is 0.249 e. The van der Waals surface area contributed by atoms with E-state index < -0.39 is 0 Å². The number of hydrogen-bond acceptors (Lipinski definition) is 6. The minimum absolute atomic E-state index is 0.00557. The highest BCUT2D eigenvalue weighted by Crippen LogP contribution is 2.27. The molecule has 2 fully saturated rings. The van der Waals surface area contributed by atoms with Gasteiger partial charge in [-0.25, -0.2) is 9.97 Å². The summed E-state index contributed by atoms with van der Waals surface area (Å²) in [5.41, 5.74) is 2.19. The van der Waals surface area contributed by atoms with Crippen molar-refractivity contribution in [2.45, 2.75) is 32.0 Å². The van der Waals surface area contributed by atoms with Gasteiger partial charge in [0.05, 0.1) is 12.1 Å². The molecule has 2 aliphatic rings. The van der Waals surface area contributed by atoms with Crippen LogP contribution in [-0.2, 0) is 22.5 Å². The summed E-state index contributed by atoms with van der Waals surface area (Å²) in [5.74, 6) is 0.730. The lowest BCUT2D eigenvalue weighted by molar-refractivity contribution is -0.153. The molecule has 7 nitrogen and oxygen atoms in total. The monoisotopic (exact) mass is 339 g/mol. The maximum atomic E-state index is 12.4. The topological polar surface area (TPSA) is 71.5 Å². The fourth-order valence-corrected chi connectivity index (χ4v) is 3.41. The van der Waals surface area contributed by atoms with Gasteiger partial charge in [-0.3, -0.25) is 9.78 Å². The SMILES string of the molecule is CCc1cnc(N2C[C@@H]3[C@@H](C2)OCC(=O)N3Cc2ccncc2)nc1. The molecule has 0 aliphatic carbocycles. The van der Waals surface area contributed by atoms with E-state index in [-0.39, 0.29) is 24.7 Å². The second-order valence-corrected chi connectivity index (χ2v) is 6.44. The molecule has 2 atom stereocenters. The standard InChI is InChI=1S/C18H21N5O2/c1-2-13-7-20-18(21-8-13)22-10-15-16(11-22)25-12-17(24)23(15)9-14-3-5-19-6-4-14/h3-8,15-16H,2,9-12H2,1H3/t15-,16-/m1/s1. The van der Waals surface area contributed by atoms with Gasteiger partial charge in [0, 0.05) is 44.4 Å². The first-order valence-electron chi connectivity index (χ1n) is 8.60. The number of anilines is 1. The molecule has 25 heavy (non-hydrogen) atoms. The summed E-state index contributed by atoms with van der Waals surface area (Å²) in [6.07, 6.45) is 8.15. The number of nitrogens with zero attached hydrogens (tertiary/aromatic N) is 5. The Balaban J connectivity index is 1.52. The number of rotatable bonds is 4. The van der Waals surface area contributed by atoms with Crippen LogP contribution in [0.3, 0.4) is 0 Å². The Morgan fingerprint density at radius 1 is 1.16 bits per heavy atom. The molecule has 2 aromatic heterocycles. The molecule has 1 amide bonds. The van der Waals surface area contributed by atoms with Crippen molar-refractivity contribution >= 4 is 11.9 Å². The molecule has 0 radical (unpaired) electrons. The van der Waals surface area contributed by atoms with Crippen LogP contribution in [0.15, 0.2) is 36.9 Å². The molecule has 4 rings (SSSR count). The zero-order chi connectivity index (χ0) is 17.2. The van der Waals surface area contributed by atoms with Crippen molar-refractivity contribution in [1.82, 2.24) is 19.9 Å². The zero-order valence-corrected chi connectivity index (χ0v) is 14.2. The highest BCUT2D eigenvalue weighted by Gasteiger charge is 2.43. The van der Waals surface area contributed by atoms with E-state index in [1.165, 1.54) is 0 Å². The van der Waals surface area contributed by atoms with Crippen molar-refractivity contribution in [2.75, 3.05) is 24.6 Å². The van der Waals surface area contributed by atoms with Crippen LogP contribution in [0, 0.1) is 0 Å². The second kappa shape index (κ2) is 6.76. The number of hydrogen-bond donors (Lipinski definition) is 0. The van der Waals surface area contributed by atoms with E-state index in [0.717, 1.165) is 17.5 Å². The highest BCUT2D eigenvalue weighted by atomic mass is 16.5. The fraction of sp³-hybridized carbons (Fsp3) is 0.444. The normalized spacial score (nSPS) is 23.0. The van der Waals surface area contributed by atoms with Crippen molar-refractivity contribution in [3.05, 3.63) is 48.0 Å². The number of pyridine rings is 1. The van der Waals surface area contributed by atoms with E-state index in [0.29, 0.717) is 25.6 Å². The lowest BCUT2D eigenvalue weighted by atomic mass is 10.1. The minimum atomic E-state index is -0.00557. The maximum Gasteiger partial charge on any atom is 0.249 e. The predicted molar refractivity (Wildman–Crippen MR) is 91.9 cm³/mol. The Hall–Kier alpha value is -2.54. The summed E-state index contributed by atoms with van der Waals surface area (Å²) in [5, 5.41) is 0. The van der Waals surface area contributed by atoms with Gasteiger partial charge in [0.15, 0.2) is 0 Å². The third-order valence-electron chi connectivity index (χ3n) is 4.86. The molecule has 0 N–H and O–H groups in total. The zero-order valence-electron chi connectivity index (χ0n) is 14.2. The van der Waals surface area contributed by atoms with E-state index in [1.54, 1.807) is 12.4 Å². The molecule has 2 saturated heterocycles. The number of ether oxygens (including phenoxy) is 1. The van der Waals surface area contributed by atoms with Crippen LogP contribution in [0.1, 0.15) is 18.1 Å². The van der Waals surface area contributed by atoms with Crippen LogP contribution in [0.25, 0.3) is 0 Å². The summed E-state index contributed by atoms with van der Waals surface area (Å²) in [6.45, 7) is 4.19. The van der Waals surface area contributed by atoms with Crippen LogP contribution in [0.2, 0.25) is 0 Å². The quantitative estimate of drug-likeness (QED) is 0.829. The molecule has 0 spiro atoms. The summed E-state index contributed by atoms with van der Waals surface area (Å²) in [6, 6.07) is 3.90. The minimum Gasteiger partial charge on any atom is -0.364 e. The van der Waals surface area contributed by atoms with Gasteiger partial charge in [-0.1, -0.05) is 6.92 Å². The maximum absolute atomic E-state index is 12.4. The molecule has 0 bridgehead atoms. The third-order valence-corrected chi connectivity index (χ3v) is 4.86. The second-order valence-electron chi connectivity index (χ2n) is 6.44. The number of carbonyl (C=O) groups is 1. The van der Waals surface area contributed by atoms with Crippen molar-refractivity contribution < 1.29 is 9.53 Å². The largest absolute Gasteiger partial charge is 0.364 e. The van der Waals surface area contributed by atoms with Gasteiger partial charge < -0.3 is 14.5 Å². The van der Waals surface area contributed by atoms with Gasteiger partial charge in [0.1, 0.15) is 6.61 Å². The van der Waals surface area contributed by atoms with Crippen molar-refractivity contribution in [3.8, 4) is 0 Å². The number of amides is 1. The molecular formula is C18H21N5O2. The van der Waals surface area contributed by atoms with E-state index in [9.17, 15) is 4.79 Å². The lowest BCUT2D eigenvalue weighted by Crippen LogP contribution is -2.53. The van der Waals surface area contributed by atoms with E-state index in [2.05, 4.69) is 26.8 Å². The molecule has 0 unspecified atom stereocenters. The fourth-order valence-electron chi connectivity index (χ4n) is 3.41. The van der Waals surface area contributed by atoms with Gasteiger partial charge >= 0.3 is 0 Å². The molecular weight excluding hydrogens is 318 g/mol. The summed E-state index contributed by atoms with van der Waals surface area (Å²) < 4.78 is 5.78. The van der Waals surface area contributed by atoms with Crippen molar-refractivity contribution in [1.29, 1.82) is 0 Å². The number of carbonyl (C=O) groups excluding carboxylic acids is 1. The first kappa shape index (κ1) is 16.0. The van der Waals surface area contributed by atoms with Gasteiger partial charge in [-0.05, 0) is 29.7 Å². The van der Waals surface area contributed by atoms with Gasteiger partial charge in [-0.2, -0.15) is 0 Å². The lowest BCUT2D eigenvalue weighted by Gasteiger charge is -2.36. The van der Waals surface area contributed by atoms with Gasteiger partial charge in [-0.15, -0.1) is 0 Å². The number of morpholine rings is 1. The van der Waals surface area contributed by atoms with Gasteiger partial charge in [0.25, 0.3) is 0 Å². The summed E-state index contributed by atoms with van der Waals surface area (Å²) in [4.78, 5) is 29.4. The predicted octanol–water partition coefficient (Wildman–Crippen LogP) is 1.05. The van der Waals surface area contributed by atoms with Crippen LogP contribution in [0.4, 0.5) is 5.95 Å². The molecule has 2 aliphatic heterocycles. The average molecular weight is 339 g/mol. The molecule has 2 aromatic rings. The van der Waals surface area contributed by atoms with E-state index >= 15 is 0 Å². The van der Waals surface area contributed by atoms with Crippen LogP contribution in [0.5, 0.6) is 0 Å². The molecule has 130 valence electrons. The highest BCUT2D eigenvalue weighted by molar-refractivity contribution is 5.79. The third kappa shape index (κ3) is 3.19. The van der Waals surface area contributed by atoms with E-state index in [1.807, 2.05) is 29.4 Å². The van der Waals surface area contributed by atoms with Crippen molar-refractivity contribution in [3.63, 3.8) is 0 Å². The molecule has 4 heterocycles. The van der Waals surface area contributed by atoms with Gasteiger partial charge in [0.2, 0.25) is 11.9 Å². The summed E-state index contributed by atoms with van der Waals surface area (Å²) in [7, 11) is 0. The number of aromatic nitrogens is 3. The Labute approximate surface area is 146 Å². The first-order chi connectivity index (χ1) is 12.2. The Morgan fingerprint density at radius 2 is 1.92 bits per heavy atom. The van der Waals surface area contributed by atoms with Crippen LogP contribution in [-0.4, -0.2) is 57.6 Å². The first-order valence-corrected chi connectivity index (χ1v) is 8.60. The van der Waals surface area contributed by atoms with Crippen LogP contribution < -0.4 is 4.90 Å². The molecule has 7 heteroatoms. The molecule has 0 aromatic carbocycles. The number of fused-ring (bicyclic) bond motifs is 1.